The van der Waals surface area contributed by atoms with Gasteiger partial charge in [0.15, 0.2) is 0 Å². The molecule has 0 bridgehead atoms. The third-order valence-electron chi connectivity index (χ3n) is 3.91. The first-order chi connectivity index (χ1) is 12.6. The first-order valence-electron chi connectivity index (χ1n) is 7.58. The van der Waals surface area contributed by atoms with Crippen LogP contribution >= 0.6 is 0 Å². The van der Waals surface area contributed by atoms with E-state index in [0.717, 1.165) is 30.3 Å². The van der Waals surface area contributed by atoms with Crippen LogP contribution in [0.4, 0.5) is 33.3 Å². The molecule has 0 atom stereocenters. The van der Waals surface area contributed by atoms with Crippen molar-refractivity contribution in [1.29, 1.82) is 0 Å². The van der Waals surface area contributed by atoms with Gasteiger partial charge in [0, 0.05) is 17.3 Å². The fraction of sp³-hybridized carbons (Fsp3) is 0.111. The number of nitrogens with one attached hydrogen (secondary N) is 1. The Morgan fingerprint density at radius 1 is 1.00 bits per heavy atom. The number of alkyl halides is 3. The van der Waals surface area contributed by atoms with Gasteiger partial charge in [-0.1, -0.05) is 6.07 Å². The normalized spacial score (nSPS) is 14.6. The van der Waals surface area contributed by atoms with Crippen molar-refractivity contribution in [3.63, 3.8) is 0 Å². The largest absolute Gasteiger partial charge is 0.416 e. The molecule has 9 heteroatoms. The SMILES string of the molecule is Cc1c(F)cc(NC2=CC(=O)N(c3cccc(C(F)(F)F)c3)C2=O)cc1F. The number of rotatable bonds is 3. The Balaban J connectivity index is 1.88. The molecule has 2 aromatic rings. The van der Waals surface area contributed by atoms with Gasteiger partial charge in [0.25, 0.3) is 11.8 Å². The van der Waals surface area contributed by atoms with Crippen LogP contribution in [0.1, 0.15) is 11.1 Å². The van der Waals surface area contributed by atoms with Crippen molar-refractivity contribution in [3.8, 4) is 0 Å². The highest BCUT2D eigenvalue weighted by Gasteiger charge is 2.35. The van der Waals surface area contributed by atoms with E-state index < -0.39 is 35.2 Å². The second kappa shape index (κ2) is 6.49. The lowest BCUT2D eigenvalue weighted by atomic mass is 10.2. The van der Waals surface area contributed by atoms with Crippen molar-refractivity contribution in [2.75, 3.05) is 10.2 Å². The van der Waals surface area contributed by atoms with Gasteiger partial charge >= 0.3 is 6.18 Å². The molecule has 1 heterocycles. The van der Waals surface area contributed by atoms with E-state index in [2.05, 4.69) is 5.32 Å². The zero-order chi connectivity index (χ0) is 19.9. The Labute approximate surface area is 149 Å². The van der Waals surface area contributed by atoms with Gasteiger partial charge in [-0.25, -0.2) is 13.7 Å². The number of carbonyl (C=O) groups excluding carboxylic acids is 2. The molecule has 0 fully saturated rings. The van der Waals surface area contributed by atoms with Crippen LogP contribution in [0, 0.1) is 18.6 Å². The second-order valence-electron chi connectivity index (χ2n) is 5.77. The maximum atomic E-state index is 13.6. The molecule has 2 aromatic carbocycles. The van der Waals surface area contributed by atoms with Crippen LogP contribution in [-0.2, 0) is 15.8 Å². The smallest absolute Gasteiger partial charge is 0.351 e. The quantitative estimate of drug-likeness (QED) is 0.641. The minimum absolute atomic E-state index is 0.117. The lowest BCUT2D eigenvalue weighted by Gasteiger charge is -2.17. The summed E-state index contributed by atoms with van der Waals surface area (Å²) in [5.74, 6) is -3.54. The fourth-order valence-electron chi connectivity index (χ4n) is 2.50. The molecule has 140 valence electrons. The average Bonchev–Trinajstić information content (AvgIpc) is 2.85. The number of imide groups is 1. The number of hydrogen-bond acceptors (Lipinski definition) is 3. The van der Waals surface area contributed by atoms with E-state index in [-0.39, 0.29) is 22.6 Å². The Kier molecular flexibility index (Phi) is 4.46. The standard InChI is InChI=1S/C18H11F5N2O2/c1-9-13(19)6-11(7-14(9)20)24-15-8-16(26)25(17(15)27)12-4-2-3-10(5-12)18(21,22)23/h2-8,24H,1H3. The molecule has 0 saturated carbocycles. The molecule has 0 aliphatic carbocycles. The van der Waals surface area contributed by atoms with Crippen LogP contribution in [-0.4, -0.2) is 11.8 Å². The summed E-state index contributed by atoms with van der Waals surface area (Å²) < 4.78 is 65.7. The number of amides is 2. The van der Waals surface area contributed by atoms with Crippen LogP contribution in [0.25, 0.3) is 0 Å². The van der Waals surface area contributed by atoms with E-state index in [0.29, 0.717) is 11.0 Å². The van der Waals surface area contributed by atoms with Gasteiger partial charge in [-0.3, -0.25) is 9.59 Å². The number of anilines is 2. The number of nitrogens with zero attached hydrogens (tertiary/aromatic N) is 1. The molecule has 0 radical (unpaired) electrons. The van der Waals surface area contributed by atoms with E-state index >= 15 is 0 Å². The molecule has 27 heavy (non-hydrogen) atoms. The van der Waals surface area contributed by atoms with Gasteiger partial charge in [-0.15, -0.1) is 0 Å². The van der Waals surface area contributed by atoms with Crippen molar-refractivity contribution < 1.29 is 31.5 Å². The summed E-state index contributed by atoms with van der Waals surface area (Å²) in [7, 11) is 0. The number of benzene rings is 2. The van der Waals surface area contributed by atoms with Gasteiger partial charge < -0.3 is 5.32 Å². The maximum absolute atomic E-state index is 13.6. The zero-order valence-corrected chi connectivity index (χ0v) is 13.7. The van der Waals surface area contributed by atoms with E-state index in [4.69, 9.17) is 0 Å². The zero-order valence-electron chi connectivity index (χ0n) is 13.7. The molecule has 2 amide bonds. The highest BCUT2D eigenvalue weighted by atomic mass is 19.4. The van der Waals surface area contributed by atoms with Gasteiger partial charge in [-0.05, 0) is 37.3 Å². The summed E-state index contributed by atoms with van der Waals surface area (Å²) >= 11 is 0. The molecule has 3 rings (SSSR count). The second-order valence-corrected chi connectivity index (χ2v) is 5.77. The van der Waals surface area contributed by atoms with Crippen molar-refractivity contribution in [1.82, 2.24) is 0 Å². The monoisotopic (exact) mass is 382 g/mol. The Morgan fingerprint density at radius 3 is 2.22 bits per heavy atom. The summed E-state index contributed by atoms with van der Waals surface area (Å²) in [5, 5.41) is 2.42. The predicted molar refractivity (Wildman–Crippen MR) is 86.7 cm³/mol. The first-order valence-corrected chi connectivity index (χ1v) is 7.58. The summed E-state index contributed by atoms with van der Waals surface area (Å²) in [6, 6.07) is 5.58. The van der Waals surface area contributed by atoms with Crippen LogP contribution in [0.5, 0.6) is 0 Å². The summed E-state index contributed by atoms with van der Waals surface area (Å²) in [6.45, 7) is 1.23. The van der Waals surface area contributed by atoms with E-state index in [1.807, 2.05) is 0 Å². The fourth-order valence-corrected chi connectivity index (χ4v) is 2.50. The minimum Gasteiger partial charge on any atom is -0.351 e. The molecule has 4 nitrogen and oxygen atoms in total. The van der Waals surface area contributed by atoms with Crippen molar-refractivity contribution in [3.05, 3.63) is 70.9 Å². The molecule has 0 saturated heterocycles. The van der Waals surface area contributed by atoms with E-state index in [1.54, 1.807) is 0 Å². The van der Waals surface area contributed by atoms with E-state index in [1.165, 1.54) is 13.0 Å². The maximum Gasteiger partial charge on any atom is 0.416 e. The first kappa shape index (κ1) is 18.6. The number of carbonyl (C=O) groups is 2. The highest BCUT2D eigenvalue weighted by molar-refractivity contribution is 6.31. The minimum atomic E-state index is -4.65. The third-order valence-corrected chi connectivity index (χ3v) is 3.91. The molecule has 0 aromatic heterocycles. The Morgan fingerprint density at radius 2 is 1.63 bits per heavy atom. The summed E-state index contributed by atoms with van der Waals surface area (Å²) in [6.07, 6.45) is -3.80. The molecule has 1 N–H and O–H groups in total. The molecule has 1 aliphatic rings. The molecular weight excluding hydrogens is 371 g/mol. The highest BCUT2D eigenvalue weighted by Crippen LogP contribution is 2.33. The van der Waals surface area contributed by atoms with Crippen LogP contribution in [0.2, 0.25) is 0 Å². The summed E-state index contributed by atoms with van der Waals surface area (Å²) in [5.41, 5.74) is -1.94. The van der Waals surface area contributed by atoms with Crippen molar-refractivity contribution in [2.24, 2.45) is 0 Å². The lowest BCUT2D eigenvalue weighted by molar-refractivity contribution is -0.137. The topological polar surface area (TPSA) is 49.4 Å². The Bertz CT molecular complexity index is 959. The third kappa shape index (κ3) is 3.53. The summed E-state index contributed by atoms with van der Waals surface area (Å²) in [4.78, 5) is 25.1. The lowest BCUT2D eigenvalue weighted by Crippen LogP contribution is -2.32. The molecule has 0 unspecified atom stereocenters. The number of halogens is 5. The van der Waals surface area contributed by atoms with Gasteiger partial charge in [-0.2, -0.15) is 13.2 Å². The van der Waals surface area contributed by atoms with Crippen LogP contribution < -0.4 is 10.2 Å². The van der Waals surface area contributed by atoms with Crippen LogP contribution in [0.3, 0.4) is 0 Å². The van der Waals surface area contributed by atoms with Gasteiger partial charge in [0.1, 0.15) is 17.3 Å². The molecule has 0 spiro atoms. The number of hydrogen-bond donors (Lipinski definition) is 1. The van der Waals surface area contributed by atoms with Gasteiger partial charge in [0.2, 0.25) is 0 Å². The molecular formula is C18H11F5N2O2. The average molecular weight is 382 g/mol. The Hall–Kier alpha value is -3.23. The predicted octanol–water partition coefficient (Wildman–Crippen LogP) is 4.16. The van der Waals surface area contributed by atoms with Crippen molar-refractivity contribution in [2.45, 2.75) is 13.1 Å². The van der Waals surface area contributed by atoms with Crippen molar-refractivity contribution >= 4 is 23.2 Å². The van der Waals surface area contributed by atoms with E-state index in [9.17, 15) is 31.5 Å². The molecule has 1 aliphatic heterocycles. The van der Waals surface area contributed by atoms with Crippen LogP contribution in [0.15, 0.2) is 48.2 Å². The van der Waals surface area contributed by atoms with Gasteiger partial charge in [0.05, 0.1) is 11.3 Å².